The van der Waals surface area contributed by atoms with E-state index in [2.05, 4.69) is 20.1 Å². The summed E-state index contributed by atoms with van der Waals surface area (Å²) in [5, 5.41) is 19.7. The molecule has 0 aliphatic heterocycles. The van der Waals surface area contributed by atoms with Crippen molar-refractivity contribution in [3.63, 3.8) is 0 Å². The lowest BCUT2D eigenvalue weighted by molar-refractivity contribution is -0.138. The Morgan fingerprint density at radius 1 is 1.54 bits per heavy atom. The summed E-state index contributed by atoms with van der Waals surface area (Å²) in [4.78, 5) is 11.2. The average molecular weight is 332 g/mol. The molecular formula is C20H28O4. The Bertz CT molecular complexity index is 601. The molecule has 1 aliphatic rings. The lowest BCUT2D eigenvalue weighted by atomic mass is 9.55. The molecule has 4 nitrogen and oxygen atoms in total. The molecule has 2 rings (SSSR count). The molecule has 0 spiro atoms. The summed E-state index contributed by atoms with van der Waals surface area (Å²) in [5.41, 5.74) is 2.67. The predicted octanol–water partition coefficient (Wildman–Crippen LogP) is 4.73. The topological polar surface area (TPSA) is 70.7 Å². The minimum Gasteiger partial charge on any atom is -0.481 e. The maximum Gasteiger partial charge on any atom is 0.303 e. The highest BCUT2D eigenvalue weighted by molar-refractivity contribution is 5.66. The number of furan rings is 1. The lowest BCUT2D eigenvalue weighted by Crippen LogP contribution is -2.41. The van der Waals surface area contributed by atoms with Crippen LogP contribution in [0.15, 0.2) is 47.3 Å². The second-order valence-electron chi connectivity index (χ2n) is 7.36. The van der Waals surface area contributed by atoms with Crippen molar-refractivity contribution >= 4 is 5.97 Å². The van der Waals surface area contributed by atoms with Crippen molar-refractivity contribution in [1.29, 1.82) is 0 Å². The maximum absolute atomic E-state index is 11.2. The summed E-state index contributed by atoms with van der Waals surface area (Å²) >= 11 is 0. The first-order valence-corrected chi connectivity index (χ1v) is 8.50. The largest absolute Gasteiger partial charge is 0.481 e. The molecule has 1 fully saturated rings. The first kappa shape index (κ1) is 18.5. The zero-order valence-corrected chi connectivity index (χ0v) is 14.6. The number of aliphatic hydroxyl groups is 1. The Morgan fingerprint density at radius 3 is 2.79 bits per heavy atom. The van der Waals surface area contributed by atoms with E-state index >= 15 is 0 Å². The highest BCUT2D eigenvalue weighted by Gasteiger charge is 2.46. The van der Waals surface area contributed by atoms with E-state index in [1.165, 1.54) is 0 Å². The third-order valence-corrected chi connectivity index (χ3v) is 5.70. The number of rotatable bonds is 7. The molecule has 1 aromatic heterocycles. The maximum atomic E-state index is 11.2. The summed E-state index contributed by atoms with van der Waals surface area (Å²) in [6.45, 7) is 12.5. The molecule has 0 bridgehead atoms. The van der Waals surface area contributed by atoms with Crippen LogP contribution in [0.2, 0.25) is 0 Å². The average Bonchev–Trinajstić information content (AvgIpc) is 3.03. The van der Waals surface area contributed by atoms with Crippen LogP contribution in [-0.2, 0) is 4.79 Å². The molecule has 1 heterocycles. The molecule has 0 saturated heterocycles. The van der Waals surface area contributed by atoms with Gasteiger partial charge in [0, 0.05) is 12.0 Å². The fraction of sp³-hybridized carbons (Fsp3) is 0.550. The van der Waals surface area contributed by atoms with Gasteiger partial charge in [-0.15, -0.1) is 0 Å². The summed E-state index contributed by atoms with van der Waals surface area (Å²) in [6, 6.07) is 1.76. The zero-order valence-electron chi connectivity index (χ0n) is 14.6. The van der Waals surface area contributed by atoms with Gasteiger partial charge in [0.15, 0.2) is 0 Å². The van der Waals surface area contributed by atoms with Crippen LogP contribution in [0, 0.1) is 17.3 Å². The summed E-state index contributed by atoms with van der Waals surface area (Å²) < 4.78 is 5.07. The van der Waals surface area contributed by atoms with Gasteiger partial charge in [-0.25, -0.2) is 0 Å². The van der Waals surface area contributed by atoms with Gasteiger partial charge in [0.25, 0.3) is 0 Å². The SMILES string of the molecule is C=C1CC[C@@H](C(=C)C)[C@](C)(CCC(=O)O)[C@@H]1C[C@H](O)c1ccoc1. The van der Waals surface area contributed by atoms with E-state index in [-0.39, 0.29) is 23.7 Å². The van der Waals surface area contributed by atoms with E-state index in [1.807, 2.05) is 6.92 Å². The molecule has 24 heavy (non-hydrogen) atoms. The van der Waals surface area contributed by atoms with Crippen molar-refractivity contribution in [3.8, 4) is 0 Å². The molecule has 132 valence electrons. The molecule has 2 N–H and O–H groups in total. The number of hydrogen-bond donors (Lipinski definition) is 2. The monoisotopic (exact) mass is 332 g/mol. The van der Waals surface area contributed by atoms with Gasteiger partial charge in [-0.1, -0.05) is 31.2 Å². The Balaban J connectivity index is 2.29. The molecule has 4 heteroatoms. The normalized spacial score (nSPS) is 28.5. The molecule has 1 aromatic rings. The van der Waals surface area contributed by atoms with E-state index in [4.69, 9.17) is 9.52 Å². The predicted molar refractivity (Wildman–Crippen MR) is 93.4 cm³/mol. The number of allylic oxidation sites excluding steroid dienone is 2. The van der Waals surface area contributed by atoms with Crippen molar-refractivity contribution in [3.05, 3.63) is 48.5 Å². The lowest BCUT2D eigenvalue weighted by Gasteiger charge is -2.50. The number of hydrogen-bond acceptors (Lipinski definition) is 3. The van der Waals surface area contributed by atoms with Gasteiger partial charge in [-0.05, 0) is 55.9 Å². The van der Waals surface area contributed by atoms with Gasteiger partial charge in [0.05, 0.1) is 18.6 Å². The zero-order chi connectivity index (χ0) is 17.9. The highest BCUT2D eigenvalue weighted by atomic mass is 16.4. The highest BCUT2D eigenvalue weighted by Crippen LogP contribution is 2.55. The van der Waals surface area contributed by atoms with Gasteiger partial charge < -0.3 is 14.6 Å². The van der Waals surface area contributed by atoms with Gasteiger partial charge >= 0.3 is 5.97 Å². The van der Waals surface area contributed by atoms with Crippen LogP contribution >= 0.6 is 0 Å². The molecule has 0 radical (unpaired) electrons. The van der Waals surface area contributed by atoms with Crippen molar-refractivity contribution in [2.75, 3.05) is 0 Å². The first-order chi connectivity index (χ1) is 11.3. The Kier molecular flexibility index (Phi) is 5.70. The van der Waals surface area contributed by atoms with Crippen LogP contribution in [0.25, 0.3) is 0 Å². The molecule has 4 atom stereocenters. The van der Waals surface area contributed by atoms with Gasteiger partial charge in [-0.3, -0.25) is 4.79 Å². The van der Waals surface area contributed by atoms with E-state index in [9.17, 15) is 9.90 Å². The number of carboxylic acid groups (broad SMARTS) is 1. The minimum absolute atomic E-state index is 0.0530. The van der Waals surface area contributed by atoms with Crippen molar-refractivity contribution in [1.82, 2.24) is 0 Å². The van der Waals surface area contributed by atoms with Crippen molar-refractivity contribution < 1.29 is 19.4 Å². The third-order valence-electron chi connectivity index (χ3n) is 5.70. The van der Waals surface area contributed by atoms with Gasteiger partial charge in [0.2, 0.25) is 0 Å². The molecule has 0 amide bonds. The number of aliphatic carboxylic acids is 1. The summed E-state index contributed by atoms with van der Waals surface area (Å²) in [5.74, 6) is -0.497. The quantitative estimate of drug-likeness (QED) is 0.708. The van der Waals surface area contributed by atoms with Crippen LogP contribution in [0.1, 0.15) is 57.6 Å². The molecule has 0 unspecified atom stereocenters. The molecule has 1 aliphatic carbocycles. The second-order valence-corrected chi connectivity index (χ2v) is 7.36. The summed E-state index contributed by atoms with van der Waals surface area (Å²) in [7, 11) is 0. The second kappa shape index (κ2) is 7.39. The van der Waals surface area contributed by atoms with Gasteiger partial charge in [0.1, 0.15) is 0 Å². The molecular weight excluding hydrogens is 304 g/mol. The Morgan fingerprint density at radius 2 is 2.25 bits per heavy atom. The van der Waals surface area contributed by atoms with Crippen molar-refractivity contribution in [2.45, 2.75) is 52.1 Å². The Labute approximate surface area is 143 Å². The van der Waals surface area contributed by atoms with Crippen LogP contribution in [0.4, 0.5) is 0 Å². The van der Waals surface area contributed by atoms with Crippen LogP contribution in [0.3, 0.4) is 0 Å². The smallest absolute Gasteiger partial charge is 0.303 e. The number of aliphatic hydroxyl groups excluding tert-OH is 1. The fourth-order valence-electron chi connectivity index (χ4n) is 4.34. The van der Waals surface area contributed by atoms with E-state index in [1.54, 1.807) is 18.6 Å². The fourth-order valence-corrected chi connectivity index (χ4v) is 4.34. The standard InChI is InChI=1S/C20H28O4/c1-13(2)16-6-5-14(3)17(20(16,4)9-7-19(22)23)11-18(21)15-8-10-24-12-15/h8,10,12,16-18,21H,1,3,5-7,9,11H2,2,4H3,(H,22,23)/t16-,17+,18-,20-/m0/s1. The van der Waals surface area contributed by atoms with Crippen LogP contribution in [-0.4, -0.2) is 16.2 Å². The Hall–Kier alpha value is -1.81. The van der Waals surface area contributed by atoms with Gasteiger partial charge in [-0.2, -0.15) is 0 Å². The minimum atomic E-state index is -0.790. The number of carboxylic acids is 1. The van der Waals surface area contributed by atoms with Crippen molar-refractivity contribution in [2.24, 2.45) is 17.3 Å². The molecule has 0 aromatic carbocycles. The molecule has 1 saturated carbocycles. The number of carbonyl (C=O) groups is 1. The van der Waals surface area contributed by atoms with E-state index in [0.29, 0.717) is 12.8 Å². The van der Waals surface area contributed by atoms with Crippen LogP contribution < -0.4 is 0 Å². The third kappa shape index (κ3) is 3.81. The van der Waals surface area contributed by atoms with E-state index < -0.39 is 12.1 Å². The first-order valence-electron chi connectivity index (χ1n) is 8.50. The summed E-state index contributed by atoms with van der Waals surface area (Å²) in [6.07, 6.45) is 5.51. The van der Waals surface area contributed by atoms with Crippen LogP contribution in [0.5, 0.6) is 0 Å². The van der Waals surface area contributed by atoms with E-state index in [0.717, 1.165) is 29.6 Å².